The number of ether oxygens (including phenoxy) is 3. The molecule has 45 heavy (non-hydrogen) atoms. The van der Waals surface area contributed by atoms with Gasteiger partial charge in [-0.1, -0.05) is 67.0 Å². The lowest BCUT2D eigenvalue weighted by molar-refractivity contribution is -0.157. The van der Waals surface area contributed by atoms with Gasteiger partial charge in [-0.25, -0.2) is 9.59 Å². The third-order valence-electron chi connectivity index (χ3n) is 13.1. The van der Waals surface area contributed by atoms with E-state index in [2.05, 4.69) is 47.8 Å². The van der Waals surface area contributed by atoms with Crippen LogP contribution in [0.25, 0.3) is 0 Å². The lowest BCUT2D eigenvalue weighted by Crippen LogP contribution is -2.54. The third kappa shape index (κ3) is 8.26. The first-order valence-corrected chi connectivity index (χ1v) is 18.2. The monoisotopic (exact) mass is 628 g/mol. The fourth-order valence-corrected chi connectivity index (χ4v) is 10.5. The molecule has 4 fully saturated rings. The number of esters is 2. The molecule has 0 aromatic rings. The standard InChI is InChI=1S/C39H64O6/c1-25(2)10-9-11-27(5)33-14-15-34-32-13-12-29-22-30(16-19-38(29,7)35(32)17-20-39(33,34)8)43-21-18-31(45-36(41)26(3)4)24-44-37(42)28(6)23-40/h25,27,29-35,40H,3,6,9-24H2,1-2,4-5,7-8H3/t27-,29+,30+,31?,32+,33?,34+,35+,38+,39-/m1/s1. The summed E-state index contributed by atoms with van der Waals surface area (Å²) in [5.74, 6) is 4.72. The number of hydrogen-bond donors (Lipinski definition) is 1. The van der Waals surface area contributed by atoms with Crippen LogP contribution in [0.5, 0.6) is 0 Å². The Balaban J connectivity index is 1.30. The van der Waals surface area contributed by atoms with Crippen molar-refractivity contribution >= 4 is 11.9 Å². The van der Waals surface area contributed by atoms with Crippen LogP contribution >= 0.6 is 0 Å². The van der Waals surface area contributed by atoms with Crippen molar-refractivity contribution in [1.29, 1.82) is 0 Å². The maximum absolute atomic E-state index is 12.2. The Labute approximate surface area is 274 Å². The molecule has 6 nitrogen and oxygen atoms in total. The van der Waals surface area contributed by atoms with E-state index in [9.17, 15) is 9.59 Å². The van der Waals surface area contributed by atoms with Gasteiger partial charge in [0.05, 0.1) is 24.9 Å². The third-order valence-corrected chi connectivity index (χ3v) is 13.1. The molecule has 0 heterocycles. The molecule has 4 rings (SSSR count). The van der Waals surface area contributed by atoms with Crippen molar-refractivity contribution in [1.82, 2.24) is 0 Å². The maximum Gasteiger partial charge on any atom is 0.335 e. The molecule has 0 saturated heterocycles. The highest BCUT2D eigenvalue weighted by molar-refractivity contribution is 5.88. The molecule has 0 radical (unpaired) electrons. The Morgan fingerprint density at radius 2 is 1.60 bits per heavy atom. The number of aliphatic hydroxyl groups is 1. The topological polar surface area (TPSA) is 82.1 Å². The van der Waals surface area contributed by atoms with Crippen LogP contribution in [-0.4, -0.2) is 49.1 Å². The zero-order valence-electron chi connectivity index (χ0n) is 29.4. The van der Waals surface area contributed by atoms with Gasteiger partial charge >= 0.3 is 11.9 Å². The van der Waals surface area contributed by atoms with Crippen molar-refractivity contribution in [2.75, 3.05) is 19.8 Å². The first-order valence-electron chi connectivity index (χ1n) is 18.2. The molecule has 0 amide bonds. The second kappa shape index (κ2) is 15.5. The van der Waals surface area contributed by atoms with E-state index < -0.39 is 24.6 Å². The van der Waals surface area contributed by atoms with Crippen molar-refractivity contribution in [2.24, 2.45) is 52.3 Å². The van der Waals surface area contributed by atoms with E-state index >= 15 is 0 Å². The van der Waals surface area contributed by atoms with Gasteiger partial charge in [-0.3, -0.25) is 0 Å². The number of fused-ring (bicyclic) bond motifs is 5. The number of carbonyl (C=O) groups is 2. The molecular weight excluding hydrogens is 564 g/mol. The lowest BCUT2D eigenvalue weighted by Gasteiger charge is -2.61. The van der Waals surface area contributed by atoms with Crippen LogP contribution in [-0.2, 0) is 23.8 Å². The molecule has 0 aromatic heterocycles. The van der Waals surface area contributed by atoms with Gasteiger partial charge < -0.3 is 19.3 Å². The Morgan fingerprint density at radius 3 is 2.29 bits per heavy atom. The number of hydrogen-bond acceptors (Lipinski definition) is 6. The van der Waals surface area contributed by atoms with E-state index in [1.54, 1.807) is 6.92 Å². The number of aliphatic hydroxyl groups excluding tert-OH is 1. The highest BCUT2D eigenvalue weighted by Crippen LogP contribution is 2.68. The average Bonchev–Trinajstić information content (AvgIpc) is 3.36. The van der Waals surface area contributed by atoms with Crippen LogP contribution < -0.4 is 0 Å². The predicted octanol–water partition coefficient (Wildman–Crippen LogP) is 8.46. The first kappa shape index (κ1) is 36.2. The second-order valence-electron chi connectivity index (χ2n) is 16.4. The van der Waals surface area contributed by atoms with Crippen molar-refractivity contribution in [3.8, 4) is 0 Å². The second-order valence-corrected chi connectivity index (χ2v) is 16.4. The summed E-state index contributed by atoms with van der Waals surface area (Å²) in [6, 6.07) is 0. The van der Waals surface area contributed by atoms with Crippen LogP contribution in [0, 0.1) is 52.3 Å². The van der Waals surface area contributed by atoms with Crippen LogP contribution in [0.1, 0.15) is 125 Å². The van der Waals surface area contributed by atoms with E-state index in [-0.39, 0.29) is 18.3 Å². The van der Waals surface area contributed by atoms with Gasteiger partial charge in [0.1, 0.15) is 12.7 Å². The Kier molecular flexibility index (Phi) is 12.5. The summed E-state index contributed by atoms with van der Waals surface area (Å²) in [5, 5.41) is 9.14. The number of rotatable bonds is 15. The van der Waals surface area contributed by atoms with E-state index in [0.717, 1.165) is 48.3 Å². The van der Waals surface area contributed by atoms with Crippen LogP contribution in [0.15, 0.2) is 24.3 Å². The maximum atomic E-state index is 12.2. The molecule has 4 saturated carbocycles. The van der Waals surface area contributed by atoms with E-state index in [4.69, 9.17) is 19.3 Å². The molecule has 1 N–H and O–H groups in total. The van der Waals surface area contributed by atoms with Gasteiger partial charge in [-0.15, -0.1) is 0 Å². The quantitative estimate of drug-likeness (QED) is 0.145. The SMILES string of the molecule is C=C(C)C(=O)OC(CCO[C@H]1CC[C@@]2(C)[C@@H](CC[C@@H]3[C@@H]2CC[C@]2(C)C([C@H](C)CCCC(C)C)CC[C@@H]32)C1)COC(=O)C(=C)CO. The molecule has 6 heteroatoms. The van der Waals surface area contributed by atoms with Crippen molar-refractivity contribution < 1.29 is 28.9 Å². The zero-order valence-corrected chi connectivity index (χ0v) is 29.4. The predicted molar refractivity (Wildman–Crippen MR) is 179 cm³/mol. The fourth-order valence-electron chi connectivity index (χ4n) is 10.5. The van der Waals surface area contributed by atoms with Gasteiger partial charge in [0, 0.05) is 12.0 Å². The van der Waals surface area contributed by atoms with Gasteiger partial charge in [0.2, 0.25) is 0 Å². The van der Waals surface area contributed by atoms with Gasteiger partial charge in [-0.05, 0) is 117 Å². The minimum absolute atomic E-state index is 0.0294. The first-order chi connectivity index (χ1) is 21.3. The normalized spacial score (nSPS) is 35.5. The van der Waals surface area contributed by atoms with Gasteiger partial charge in [0.25, 0.3) is 0 Å². The molecule has 0 aliphatic heterocycles. The minimum atomic E-state index is -0.690. The lowest BCUT2D eigenvalue weighted by atomic mass is 9.44. The molecule has 2 unspecified atom stereocenters. The van der Waals surface area contributed by atoms with E-state index in [1.807, 2.05) is 0 Å². The summed E-state index contributed by atoms with van der Waals surface area (Å²) in [7, 11) is 0. The van der Waals surface area contributed by atoms with Crippen LogP contribution in [0.2, 0.25) is 0 Å². The van der Waals surface area contributed by atoms with E-state index in [1.165, 1.54) is 64.2 Å². The average molecular weight is 629 g/mol. The van der Waals surface area contributed by atoms with Gasteiger partial charge in [-0.2, -0.15) is 0 Å². The summed E-state index contributed by atoms with van der Waals surface area (Å²) in [6.07, 6.45) is 16.0. The summed E-state index contributed by atoms with van der Waals surface area (Å²) >= 11 is 0. The summed E-state index contributed by atoms with van der Waals surface area (Å²) < 4.78 is 17.2. The summed E-state index contributed by atoms with van der Waals surface area (Å²) in [4.78, 5) is 24.2. The van der Waals surface area contributed by atoms with E-state index in [0.29, 0.717) is 35.3 Å². The molecule has 4 aliphatic rings. The molecule has 0 bridgehead atoms. The molecule has 0 aromatic carbocycles. The summed E-state index contributed by atoms with van der Waals surface area (Å²) in [6.45, 7) is 21.2. The van der Waals surface area contributed by atoms with Crippen LogP contribution in [0.4, 0.5) is 0 Å². The van der Waals surface area contributed by atoms with Crippen molar-refractivity contribution in [3.63, 3.8) is 0 Å². The van der Waals surface area contributed by atoms with Crippen LogP contribution in [0.3, 0.4) is 0 Å². The Hall–Kier alpha value is -1.66. The molecule has 0 spiro atoms. The highest BCUT2D eigenvalue weighted by Gasteiger charge is 2.60. The molecular formula is C39H64O6. The zero-order chi connectivity index (χ0) is 32.9. The molecule has 256 valence electrons. The Morgan fingerprint density at radius 1 is 0.889 bits per heavy atom. The fraction of sp³-hybridized carbons (Fsp3) is 0.846. The van der Waals surface area contributed by atoms with Crippen molar-refractivity contribution in [2.45, 2.75) is 137 Å². The largest absolute Gasteiger partial charge is 0.458 e. The number of carbonyl (C=O) groups excluding carboxylic acids is 2. The molecule has 4 aliphatic carbocycles. The van der Waals surface area contributed by atoms with Gasteiger partial charge in [0.15, 0.2) is 0 Å². The highest BCUT2D eigenvalue weighted by atomic mass is 16.6. The minimum Gasteiger partial charge on any atom is -0.458 e. The summed E-state index contributed by atoms with van der Waals surface area (Å²) in [5.41, 5.74) is 1.21. The molecule has 10 atom stereocenters. The van der Waals surface area contributed by atoms with Crippen molar-refractivity contribution in [3.05, 3.63) is 24.3 Å². The smallest absolute Gasteiger partial charge is 0.335 e. The Bertz CT molecular complexity index is 1050.